The summed E-state index contributed by atoms with van der Waals surface area (Å²) >= 11 is 0. The molecule has 33 heavy (non-hydrogen) atoms. The van der Waals surface area contributed by atoms with Crippen LogP contribution < -0.4 is 11.1 Å². The number of nitrogens with one attached hydrogen (secondary N) is 1. The van der Waals surface area contributed by atoms with Gasteiger partial charge in [0.1, 0.15) is 0 Å². The first-order chi connectivity index (χ1) is 16.3. The minimum absolute atomic E-state index is 0.329. The fraction of sp³-hybridized carbons (Fsp3) is 0.600. The molecule has 3 heteroatoms. The topological polar surface area (TPSA) is 43.0 Å². The van der Waals surface area contributed by atoms with Gasteiger partial charge >= 0.3 is 0 Å². The van der Waals surface area contributed by atoms with E-state index in [4.69, 9.17) is 5.73 Å². The molecule has 2 fully saturated rings. The smallest absolute Gasteiger partial charge is 0.0494 e. The molecule has 5 atom stereocenters. The van der Waals surface area contributed by atoms with Gasteiger partial charge in [0.2, 0.25) is 0 Å². The van der Waals surface area contributed by atoms with Gasteiger partial charge in [0, 0.05) is 29.2 Å². The standard InChI is InChI=1S/C30H41N3/c1-32-30(24-13-7-8-14-26(24)31)21-15-17-25-28(19-21)33(22-10-3-2-4-11-22)27-18-16-20-9-5-6-12-23(20)29(25)27/h2-4,10-11,19-20,23-24,26,30,32H,5-9,12-18,31H2,1H3. The highest BCUT2D eigenvalue weighted by molar-refractivity contribution is 5.66. The lowest BCUT2D eigenvalue weighted by Crippen LogP contribution is -2.47. The predicted molar refractivity (Wildman–Crippen MR) is 138 cm³/mol. The van der Waals surface area contributed by atoms with Crippen LogP contribution in [0.15, 0.2) is 35.9 Å². The number of hydrogen-bond acceptors (Lipinski definition) is 2. The van der Waals surface area contributed by atoms with Crippen molar-refractivity contribution >= 4 is 6.08 Å². The van der Waals surface area contributed by atoms with E-state index in [1.807, 2.05) is 0 Å². The zero-order valence-corrected chi connectivity index (χ0v) is 20.4. The van der Waals surface area contributed by atoms with E-state index in [0.29, 0.717) is 18.0 Å². The van der Waals surface area contributed by atoms with Gasteiger partial charge in [-0.1, -0.05) is 49.5 Å². The van der Waals surface area contributed by atoms with E-state index in [-0.39, 0.29) is 0 Å². The first kappa shape index (κ1) is 21.7. The number of likely N-dealkylation sites (N-methyl/N-ethyl adjacent to an activating group) is 1. The lowest BCUT2D eigenvalue weighted by molar-refractivity contribution is 0.259. The Balaban J connectivity index is 1.47. The molecule has 0 spiro atoms. The van der Waals surface area contributed by atoms with Gasteiger partial charge in [0.25, 0.3) is 0 Å². The molecule has 6 rings (SSSR count). The SMILES string of the molecule is CNC(C1=Cc2c(c3c(n2-c2ccccc2)CCC2CCCCC32)CC1)C1CCCCC1N. The zero-order chi connectivity index (χ0) is 22.4. The Hall–Kier alpha value is -1.84. The van der Waals surface area contributed by atoms with Gasteiger partial charge in [-0.3, -0.25) is 0 Å². The molecule has 0 saturated heterocycles. The second-order valence-electron chi connectivity index (χ2n) is 11.2. The molecular formula is C30H41N3. The van der Waals surface area contributed by atoms with Crippen molar-refractivity contribution in [1.82, 2.24) is 9.88 Å². The fourth-order valence-electron chi connectivity index (χ4n) is 7.98. The van der Waals surface area contributed by atoms with Crippen molar-refractivity contribution in [2.24, 2.45) is 17.6 Å². The second-order valence-corrected chi connectivity index (χ2v) is 11.2. The molecular weight excluding hydrogens is 402 g/mol. The fourth-order valence-corrected chi connectivity index (χ4v) is 7.98. The van der Waals surface area contributed by atoms with Gasteiger partial charge < -0.3 is 15.6 Å². The predicted octanol–water partition coefficient (Wildman–Crippen LogP) is 6.13. The van der Waals surface area contributed by atoms with Crippen molar-refractivity contribution in [3.05, 3.63) is 58.4 Å². The van der Waals surface area contributed by atoms with Crippen LogP contribution >= 0.6 is 0 Å². The molecule has 4 aliphatic carbocycles. The van der Waals surface area contributed by atoms with Gasteiger partial charge in [-0.2, -0.15) is 0 Å². The van der Waals surface area contributed by atoms with Gasteiger partial charge in [-0.15, -0.1) is 0 Å². The first-order valence-electron chi connectivity index (χ1n) is 13.7. The van der Waals surface area contributed by atoms with Gasteiger partial charge in [-0.05, 0) is 106 Å². The normalized spacial score (nSPS) is 30.1. The van der Waals surface area contributed by atoms with Crippen LogP contribution in [-0.2, 0) is 12.8 Å². The number of nitrogens with zero attached hydrogens (tertiary/aromatic N) is 1. The number of fused-ring (bicyclic) bond motifs is 5. The summed E-state index contributed by atoms with van der Waals surface area (Å²) in [6, 6.07) is 11.9. The van der Waals surface area contributed by atoms with E-state index in [1.54, 1.807) is 22.4 Å². The van der Waals surface area contributed by atoms with E-state index in [1.165, 1.54) is 88.4 Å². The molecule has 3 nitrogen and oxygen atoms in total. The maximum atomic E-state index is 6.66. The molecule has 1 heterocycles. The third-order valence-corrected chi connectivity index (χ3v) is 9.50. The molecule has 0 amide bonds. The van der Waals surface area contributed by atoms with E-state index >= 15 is 0 Å². The summed E-state index contributed by atoms with van der Waals surface area (Å²) < 4.78 is 2.65. The molecule has 0 radical (unpaired) electrons. The van der Waals surface area contributed by atoms with Crippen LogP contribution in [0, 0.1) is 11.8 Å². The van der Waals surface area contributed by atoms with E-state index in [9.17, 15) is 0 Å². The summed E-state index contributed by atoms with van der Waals surface area (Å²) in [5.41, 5.74) is 16.1. The van der Waals surface area contributed by atoms with Crippen LogP contribution in [0.5, 0.6) is 0 Å². The minimum Gasteiger partial charge on any atom is -0.327 e. The summed E-state index contributed by atoms with van der Waals surface area (Å²) in [6.07, 6.45) is 18.3. The summed E-state index contributed by atoms with van der Waals surface area (Å²) in [4.78, 5) is 0. The minimum atomic E-state index is 0.329. The average Bonchev–Trinajstić information content (AvgIpc) is 3.20. The maximum absolute atomic E-state index is 6.66. The molecule has 1 aromatic heterocycles. The summed E-state index contributed by atoms with van der Waals surface area (Å²) in [5.74, 6) is 2.27. The van der Waals surface area contributed by atoms with Crippen molar-refractivity contribution in [3.8, 4) is 5.69 Å². The number of hydrogen-bond donors (Lipinski definition) is 2. The average molecular weight is 444 g/mol. The summed E-state index contributed by atoms with van der Waals surface area (Å²) in [7, 11) is 2.15. The van der Waals surface area contributed by atoms with E-state index < -0.39 is 0 Å². The molecule has 2 aromatic rings. The van der Waals surface area contributed by atoms with Gasteiger partial charge in [-0.25, -0.2) is 0 Å². The van der Waals surface area contributed by atoms with Crippen LogP contribution in [0.4, 0.5) is 0 Å². The van der Waals surface area contributed by atoms with Crippen LogP contribution in [0.2, 0.25) is 0 Å². The summed E-state index contributed by atoms with van der Waals surface area (Å²) in [5, 5.41) is 3.71. The Morgan fingerprint density at radius 1 is 0.909 bits per heavy atom. The highest BCUT2D eigenvalue weighted by Crippen LogP contribution is 2.50. The summed E-state index contributed by atoms with van der Waals surface area (Å²) in [6.45, 7) is 0. The van der Waals surface area contributed by atoms with Crippen LogP contribution in [-0.4, -0.2) is 23.7 Å². The Labute approximate surface area is 199 Å². The largest absolute Gasteiger partial charge is 0.327 e. The monoisotopic (exact) mass is 443 g/mol. The molecule has 4 aliphatic rings. The first-order valence-corrected chi connectivity index (χ1v) is 13.7. The zero-order valence-electron chi connectivity index (χ0n) is 20.4. The quantitative estimate of drug-likeness (QED) is 0.597. The number of para-hydroxylation sites is 1. The van der Waals surface area contributed by atoms with Crippen molar-refractivity contribution in [2.45, 2.75) is 95.1 Å². The van der Waals surface area contributed by atoms with Crippen molar-refractivity contribution < 1.29 is 0 Å². The molecule has 2 saturated carbocycles. The lowest BCUT2D eigenvalue weighted by atomic mass is 9.68. The highest BCUT2D eigenvalue weighted by Gasteiger charge is 2.39. The van der Waals surface area contributed by atoms with Crippen LogP contribution in [0.3, 0.4) is 0 Å². The molecule has 0 aliphatic heterocycles. The number of rotatable bonds is 4. The molecule has 5 unspecified atom stereocenters. The van der Waals surface area contributed by atoms with Gasteiger partial charge in [0.15, 0.2) is 0 Å². The highest BCUT2D eigenvalue weighted by atomic mass is 15.0. The lowest BCUT2D eigenvalue weighted by Gasteiger charge is -2.38. The van der Waals surface area contributed by atoms with Crippen molar-refractivity contribution in [3.63, 3.8) is 0 Å². The third-order valence-electron chi connectivity index (χ3n) is 9.50. The molecule has 0 bridgehead atoms. The van der Waals surface area contributed by atoms with E-state index in [2.05, 4.69) is 53.3 Å². The Bertz CT molecular complexity index is 1020. The third kappa shape index (κ3) is 3.72. The Kier molecular flexibility index (Phi) is 5.96. The molecule has 3 N–H and O–H groups in total. The second kappa shape index (κ2) is 9.07. The maximum Gasteiger partial charge on any atom is 0.0494 e. The van der Waals surface area contributed by atoms with Crippen LogP contribution in [0.1, 0.15) is 92.6 Å². The number of aromatic nitrogens is 1. The van der Waals surface area contributed by atoms with Crippen molar-refractivity contribution in [1.29, 1.82) is 0 Å². The number of benzene rings is 1. The molecule has 1 aromatic carbocycles. The number of nitrogens with two attached hydrogens (primary N) is 1. The molecule has 176 valence electrons. The Morgan fingerprint density at radius 3 is 2.52 bits per heavy atom. The Morgan fingerprint density at radius 2 is 1.70 bits per heavy atom. The van der Waals surface area contributed by atoms with Crippen LogP contribution in [0.25, 0.3) is 11.8 Å². The van der Waals surface area contributed by atoms with E-state index in [0.717, 1.165) is 11.8 Å². The van der Waals surface area contributed by atoms with Crippen molar-refractivity contribution in [2.75, 3.05) is 7.05 Å². The van der Waals surface area contributed by atoms with Gasteiger partial charge in [0.05, 0.1) is 0 Å².